The van der Waals surface area contributed by atoms with Crippen molar-refractivity contribution >= 4 is 15.9 Å². The van der Waals surface area contributed by atoms with Crippen molar-refractivity contribution in [3.8, 4) is 0 Å². The van der Waals surface area contributed by atoms with E-state index in [0.717, 1.165) is 18.9 Å². The van der Waals surface area contributed by atoms with E-state index in [0.29, 0.717) is 19.0 Å². The number of piperidine rings is 1. The Bertz CT molecular complexity index is 686. The molecule has 0 aliphatic carbocycles. The lowest BCUT2D eigenvalue weighted by Gasteiger charge is -2.35. The Morgan fingerprint density at radius 1 is 1.29 bits per heavy atom. The highest BCUT2D eigenvalue weighted by molar-refractivity contribution is 7.89. The maximum atomic E-state index is 13.7. The number of benzene rings is 1. The Balaban J connectivity index is 2.01. The third kappa shape index (κ3) is 4.31. The maximum absolute atomic E-state index is 13.7. The quantitative estimate of drug-likeness (QED) is 0.825. The highest BCUT2D eigenvalue weighted by Gasteiger charge is 2.30. The van der Waals surface area contributed by atoms with E-state index in [1.807, 2.05) is 6.92 Å². The molecule has 0 radical (unpaired) electrons. The first-order valence-electron chi connectivity index (χ1n) is 8.03. The average molecular weight is 357 g/mol. The SMILES string of the molecule is CC(NS(=O)(=O)c1ccccc1F)C(=O)N1CCC(C(C)N)CC1. The molecule has 1 aromatic rings. The van der Waals surface area contributed by atoms with Gasteiger partial charge in [0, 0.05) is 19.1 Å². The monoisotopic (exact) mass is 357 g/mol. The zero-order valence-corrected chi connectivity index (χ0v) is 14.7. The molecule has 1 saturated heterocycles. The van der Waals surface area contributed by atoms with E-state index in [2.05, 4.69) is 4.72 Å². The van der Waals surface area contributed by atoms with Crippen molar-refractivity contribution in [1.82, 2.24) is 9.62 Å². The molecule has 24 heavy (non-hydrogen) atoms. The molecule has 2 unspecified atom stereocenters. The number of rotatable bonds is 5. The fourth-order valence-corrected chi connectivity index (χ4v) is 4.20. The molecule has 1 aliphatic rings. The summed E-state index contributed by atoms with van der Waals surface area (Å²) in [6, 6.07) is 4.21. The molecule has 2 atom stereocenters. The summed E-state index contributed by atoms with van der Waals surface area (Å²) >= 11 is 0. The summed E-state index contributed by atoms with van der Waals surface area (Å²) in [6.07, 6.45) is 1.60. The van der Waals surface area contributed by atoms with Crippen molar-refractivity contribution in [2.24, 2.45) is 11.7 Å². The third-order valence-corrected chi connectivity index (χ3v) is 6.00. The molecular formula is C16H24FN3O3S. The Hall–Kier alpha value is -1.51. The van der Waals surface area contributed by atoms with E-state index in [9.17, 15) is 17.6 Å². The van der Waals surface area contributed by atoms with Crippen LogP contribution in [0.25, 0.3) is 0 Å². The van der Waals surface area contributed by atoms with E-state index in [1.165, 1.54) is 25.1 Å². The second-order valence-corrected chi connectivity index (χ2v) is 7.98. The molecule has 0 bridgehead atoms. The van der Waals surface area contributed by atoms with Gasteiger partial charge in [-0.1, -0.05) is 12.1 Å². The molecule has 1 aromatic carbocycles. The number of likely N-dealkylation sites (tertiary alicyclic amines) is 1. The maximum Gasteiger partial charge on any atom is 0.244 e. The van der Waals surface area contributed by atoms with Gasteiger partial charge in [-0.2, -0.15) is 4.72 Å². The normalized spacial score (nSPS) is 19.1. The van der Waals surface area contributed by atoms with Gasteiger partial charge in [0.05, 0.1) is 6.04 Å². The minimum atomic E-state index is -4.09. The van der Waals surface area contributed by atoms with E-state index in [-0.39, 0.29) is 11.9 Å². The first-order chi connectivity index (χ1) is 11.2. The van der Waals surface area contributed by atoms with Gasteiger partial charge in [0.1, 0.15) is 10.7 Å². The topological polar surface area (TPSA) is 92.5 Å². The Morgan fingerprint density at radius 3 is 2.42 bits per heavy atom. The van der Waals surface area contributed by atoms with Crippen LogP contribution in [-0.2, 0) is 14.8 Å². The number of hydrogen-bond donors (Lipinski definition) is 2. The largest absolute Gasteiger partial charge is 0.341 e. The number of amides is 1. The lowest BCUT2D eigenvalue weighted by molar-refractivity contribution is -0.134. The van der Waals surface area contributed by atoms with Gasteiger partial charge < -0.3 is 10.6 Å². The minimum Gasteiger partial charge on any atom is -0.341 e. The number of hydrogen-bond acceptors (Lipinski definition) is 4. The van der Waals surface area contributed by atoms with Gasteiger partial charge in [-0.15, -0.1) is 0 Å². The Morgan fingerprint density at radius 2 is 1.88 bits per heavy atom. The minimum absolute atomic E-state index is 0.0826. The van der Waals surface area contributed by atoms with E-state index < -0.39 is 26.8 Å². The number of halogens is 1. The van der Waals surface area contributed by atoms with Crippen molar-refractivity contribution in [2.45, 2.75) is 43.7 Å². The van der Waals surface area contributed by atoms with Gasteiger partial charge in [-0.05, 0) is 44.7 Å². The van der Waals surface area contributed by atoms with Gasteiger partial charge in [0.15, 0.2) is 0 Å². The summed E-state index contributed by atoms with van der Waals surface area (Å²) in [5, 5.41) is 0. The fraction of sp³-hybridized carbons (Fsp3) is 0.562. The van der Waals surface area contributed by atoms with Crippen LogP contribution in [0.1, 0.15) is 26.7 Å². The molecule has 1 aliphatic heterocycles. The van der Waals surface area contributed by atoms with Crippen molar-refractivity contribution in [2.75, 3.05) is 13.1 Å². The van der Waals surface area contributed by atoms with Crippen LogP contribution in [0.3, 0.4) is 0 Å². The Kier molecular flexibility index (Phi) is 5.95. The summed E-state index contributed by atoms with van der Waals surface area (Å²) < 4.78 is 40.5. The smallest absolute Gasteiger partial charge is 0.244 e. The molecular weight excluding hydrogens is 333 g/mol. The zero-order chi connectivity index (χ0) is 17.9. The lowest BCUT2D eigenvalue weighted by atomic mass is 9.91. The summed E-state index contributed by atoms with van der Waals surface area (Å²) in [4.78, 5) is 13.6. The molecule has 0 aromatic heterocycles. The number of sulfonamides is 1. The van der Waals surface area contributed by atoms with Crippen molar-refractivity contribution in [3.05, 3.63) is 30.1 Å². The van der Waals surface area contributed by atoms with Gasteiger partial charge in [-0.25, -0.2) is 12.8 Å². The summed E-state index contributed by atoms with van der Waals surface area (Å²) in [5.74, 6) is -0.778. The fourth-order valence-electron chi connectivity index (χ4n) is 2.93. The summed E-state index contributed by atoms with van der Waals surface area (Å²) in [5.41, 5.74) is 5.88. The molecule has 6 nitrogen and oxygen atoms in total. The predicted octanol–water partition coefficient (Wildman–Crippen LogP) is 1.08. The standard InChI is InChI=1S/C16H24FN3O3S/c1-11(18)13-7-9-20(10-8-13)16(21)12(2)19-24(22,23)15-6-4-3-5-14(15)17/h3-6,11-13,19H,7-10,18H2,1-2H3. The third-order valence-electron chi connectivity index (χ3n) is 4.42. The van der Waals surface area contributed by atoms with Gasteiger partial charge in [-0.3, -0.25) is 4.79 Å². The predicted molar refractivity (Wildman–Crippen MR) is 89.1 cm³/mol. The summed E-state index contributed by atoms with van der Waals surface area (Å²) in [6.45, 7) is 4.53. The molecule has 1 amide bonds. The second-order valence-electron chi connectivity index (χ2n) is 6.30. The zero-order valence-electron chi connectivity index (χ0n) is 13.9. The van der Waals surface area contributed by atoms with Crippen LogP contribution in [0.2, 0.25) is 0 Å². The van der Waals surface area contributed by atoms with Crippen LogP contribution in [0.15, 0.2) is 29.2 Å². The number of nitrogens with zero attached hydrogens (tertiary/aromatic N) is 1. The summed E-state index contributed by atoms with van der Waals surface area (Å²) in [7, 11) is -4.09. The number of carbonyl (C=O) groups excluding carboxylic acids is 1. The molecule has 2 rings (SSSR count). The van der Waals surface area contributed by atoms with Crippen LogP contribution >= 0.6 is 0 Å². The molecule has 1 heterocycles. The molecule has 0 spiro atoms. The highest BCUT2D eigenvalue weighted by Crippen LogP contribution is 2.20. The van der Waals surface area contributed by atoms with E-state index in [4.69, 9.17) is 5.73 Å². The highest BCUT2D eigenvalue weighted by atomic mass is 32.2. The van der Waals surface area contributed by atoms with Crippen molar-refractivity contribution < 1.29 is 17.6 Å². The molecule has 3 N–H and O–H groups in total. The van der Waals surface area contributed by atoms with Crippen LogP contribution in [0, 0.1) is 11.7 Å². The molecule has 134 valence electrons. The Labute approximate surface area is 142 Å². The van der Waals surface area contributed by atoms with Crippen molar-refractivity contribution in [3.63, 3.8) is 0 Å². The van der Waals surface area contributed by atoms with Crippen LogP contribution < -0.4 is 10.5 Å². The number of nitrogens with one attached hydrogen (secondary N) is 1. The van der Waals surface area contributed by atoms with Crippen molar-refractivity contribution in [1.29, 1.82) is 0 Å². The molecule has 8 heteroatoms. The first kappa shape index (κ1) is 18.8. The van der Waals surface area contributed by atoms with Crippen LogP contribution in [0.4, 0.5) is 4.39 Å². The van der Waals surface area contributed by atoms with E-state index >= 15 is 0 Å². The lowest BCUT2D eigenvalue weighted by Crippen LogP contribution is -2.50. The first-order valence-corrected chi connectivity index (χ1v) is 9.52. The van der Waals surface area contributed by atoms with Crippen LogP contribution in [0.5, 0.6) is 0 Å². The second kappa shape index (κ2) is 7.58. The van der Waals surface area contributed by atoms with Gasteiger partial charge in [0.2, 0.25) is 15.9 Å². The molecule has 0 saturated carbocycles. The number of carbonyl (C=O) groups is 1. The molecule has 1 fully saturated rings. The number of nitrogens with two attached hydrogens (primary N) is 1. The van der Waals surface area contributed by atoms with Crippen LogP contribution in [-0.4, -0.2) is 44.4 Å². The van der Waals surface area contributed by atoms with Gasteiger partial charge >= 0.3 is 0 Å². The van der Waals surface area contributed by atoms with Gasteiger partial charge in [0.25, 0.3) is 0 Å². The van der Waals surface area contributed by atoms with E-state index in [1.54, 1.807) is 4.90 Å². The average Bonchev–Trinajstić information content (AvgIpc) is 2.54.